The molecule has 0 saturated heterocycles. The van der Waals surface area contributed by atoms with Crippen LogP contribution < -0.4 is 4.90 Å². The Hall–Kier alpha value is -1.79. The zero-order valence-electron chi connectivity index (χ0n) is 16.0. The Morgan fingerprint density at radius 1 is 1.07 bits per heavy atom. The molecule has 2 aromatic heterocycles. The average molecular weight is 436 g/mol. The Morgan fingerprint density at radius 3 is 2.46 bits per heavy atom. The van der Waals surface area contributed by atoms with Gasteiger partial charge in [-0.25, -0.2) is 9.97 Å². The van der Waals surface area contributed by atoms with Crippen molar-refractivity contribution in [1.82, 2.24) is 9.97 Å². The maximum absolute atomic E-state index is 9.55. The van der Waals surface area contributed by atoms with Crippen molar-refractivity contribution >= 4 is 41.6 Å². The second-order valence-corrected chi connectivity index (χ2v) is 7.73. The van der Waals surface area contributed by atoms with Gasteiger partial charge in [0.05, 0.1) is 11.6 Å². The van der Waals surface area contributed by atoms with Crippen molar-refractivity contribution in [2.75, 3.05) is 19.0 Å². The Morgan fingerprint density at radius 2 is 1.86 bits per heavy atom. The number of aromatic nitrogens is 2. The highest BCUT2D eigenvalue weighted by molar-refractivity contribution is 7.99. The molecule has 3 aromatic rings. The number of aliphatic hydroxyl groups excluding tert-OH is 1. The van der Waals surface area contributed by atoms with Gasteiger partial charge in [0.2, 0.25) is 0 Å². The van der Waals surface area contributed by atoms with E-state index in [1.807, 2.05) is 49.5 Å². The predicted molar refractivity (Wildman–Crippen MR) is 120 cm³/mol. The fourth-order valence-electron chi connectivity index (χ4n) is 2.75. The maximum Gasteiger partial charge on any atom is 0.127 e. The number of anilines is 1. The third-order valence-electron chi connectivity index (χ3n) is 4.26. The third kappa shape index (κ3) is 4.97. The van der Waals surface area contributed by atoms with E-state index in [1.54, 1.807) is 6.20 Å². The van der Waals surface area contributed by atoms with Crippen molar-refractivity contribution in [3.05, 3.63) is 64.9 Å². The van der Waals surface area contributed by atoms with Crippen LogP contribution in [0.2, 0.25) is 5.02 Å². The highest BCUT2D eigenvalue weighted by Gasteiger charge is 2.14. The molecule has 0 aliphatic heterocycles. The fourth-order valence-corrected chi connectivity index (χ4v) is 4.16. The first-order chi connectivity index (χ1) is 13.0. The van der Waals surface area contributed by atoms with Crippen LogP contribution in [0.15, 0.2) is 58.7 Å². The SMILES string of the molecule is CCc1cc(-c2ccc(N(C)C)nc2)cc(Cl)c1Sc1ncccc1CO.Cl. The van der Waals surface area contributed by atoms with Gasteiger partial charge in [0.15, 0.2) is 0 Å². The summed E-state index contributed by atoms with van der Waals surface area (Å²) >= 11 is 8.15. The summed E-state index contributed by atoms with van der Waals surface area (Å²) in [5.41, 5.74) is 4.02. The molecule has 7 heteroatoms. The van der Waals surface area contributed by atoms with Crippen LogP contribution in [-0.2, 0) is 13.0 Å². The molecule has 3 rings (SSSR count). The number of hydrogen-bond acceptors (Lipinski definition) is 5. The first-order valence-corrected chi connectivity index (χ1v) is 9.91. The van der Waals surface area contributed by atoms with Gasteiger partial charge in [0.1, 0.15) is 10.8 Å². The van der Waals surface area contributed by atoms with E-state index in [4.69, 9.17) is 11.6 Å². The van der Waals surface area contributed by atoms with Crippen molar-refractivity contribution in [1.29, 1.82) is 0 Å². The molecule has 0 spiro atoms. The number of rotatable bonds is 6. The van der Waals surface area contributed by atoms with Crippen LogP contribution in [0.5, 0.6) is 0 Å². The number of halogens is 2. The van der Waals surface area contributed by atoms with Crippen molar-refractivity contribution in [2.45, 2.75) is 29.9 Å². The highest BCUT2D eigenvalue weighted by Crippen LogP contribution is 2.39. The molecule has 0 fully saturated rings. The lowest BCUT2D eigenvalue weighted by molar-refractivity contribution is 0.278. The summed E-state index contributed by atoms with van der Waals surface area (Å²) < 4.78 is 0. The second-order valence-electron chi connectivity index (χ2n) is 6.33. The van der Waals surface area contributed by atoms with Crippen LogP contribution in [0.3, 0.4) is 0 Å². The van der Waals surface area contributed by atoms with E-state index in [2.05, 4.69) is 29.0 Å². The summed E-state index contributed by atoms with van der Waals surface area (Å²) in [5, 5.41) is 11.0. The zero-order valence-corrected chi connectivity index (χ0v) is 18.4. The minimum atomic E-state index is -0.0444. The number of hydrogen-bond donors (Lipinski definition) is 1. The van der Waals surface area contributed by atoms with Crippen LogP contribution in [0.25, 0.3) is 11.1 Å². The number of pyridine rings is 2. The summed E-state index contributed by atoms with van der Waals surface area (Å²) in [6.45, 7) is 2.06. The van der Waals surface area contributed by atoms with Gasteiger partial charge in [0, 0.05) is 42.5 Å². The van der Waals surface area contributed by atoms with Crippen molar-refractivity contribution < 1.29 is 5.11 Å². The maximum atomic E-state index is 9.55. The van der Waals surface area contributed by atoms with Crippen LogP contribution in [0.1, 0.15) is 18.1 Å². The lowest BCUT2D eigenvalue weighted by Crippen LogP contribution is -2.09. The molecule has 1 N–H and O–H groups in total. The van der Waals surface area contributed by atoms with Gasteiger partial charge in [-0.1, -0.05) is 36.4 Å². The Kier molecular flexibility index (Phi) is 8.13. The van der Waals surface area contributed by atoms with Gasteiger partial charge >= 0.3 is 0 Å². The molecule has 0 unspecified atom stereocenters. The number of nitrogens with zero attached hydrogens (tertiary/aromatic N) is 3. The van der Waals surface area contributed by atoms with Crippen LogP contribution in [-0.4, -0.2) is 29.2 Å². The van der Waals surface area contributed by atoms with Crippen LogP contribution in [0, 0.1) is 0 Å². The van der Waals surface area contributed by atoms with Gasteiger partial charge in [-0.05, 0) is 47.9 Å². The minimum absolute atomic E-state index is 0. The van der Waals surface area contributed by atoms with Gasteiger partial charge < -0.3 is 10.0 Å². The largest absolute Gasteiger partial charge is 0.392 e. The molecule has 0 amide bonds. The predicted octanol–water partition coefficient (Wildman–Crippen LogP) is 5.49. The summed E-state index contributed by atoms with van der Waals surface area (Å²) in [6, 6.07) is 11.9. The Balaban J connectivity index is 0.00000280. The molecular formula is C21H23Cl2N3OS. The monoisotopic (exact) mass is 435 g/mol. The Labute approximate surface area is 181 Å². The summed E-state index contributed by atoms with van der Waals surface area (Å²) in [7, 11) is 3.94. The first kappa shape index (κ1) is 22.5. The molecule has 0 saturated carbocycles. The molecule has 0 aliphatic carbocycles. The smallest absolute Gasteiger partial charge is 0.127 e. The summed E-state index contributed by atoms with van der Waals surface area (Å²) in [4.78, 5) is 11.8. The molecule has 0 atom stereocenters. The molecule has 0 aliphatic rings. The highest BCUT2D eigenvalue weighted by atomic mass is 35.5. The standard InChI is InChI=1S/C21H22ClN3OS.ClH/c1-4-14-10-17(15-7-8-19(24-12-15)25(2)3)11-18(22)20(14)27-21-16(13-26)6-5-9-23-21;/h5-12,26H,4,13H2,1-3H3;1H. The first-order valence-electron chi connectivity index (χ1n) is 8.72. The van der Waals surface area contributed by atoms with Crippen LogP contribution in [0.4, 0.5) is 5.82 Å². The van der Waals surface area contributed by atoms with E-state index < -0.39 is 0 Å². The van der Waals surface area contributed by atoms with E-state index in [9.17, 15) is 5.11 Å². The molecule has 0 bridgehead atoms. The third-order valence-corrected chi connectivity index (χ3v) is 5.92. The van der Waals surface area contributed by atoms with Crippen molar-refractivity contribution in [3.8, 4) is 11.1 Å². The van der Waals surface area contributed by atoms with Crippen LogP contribution >= 0.6 is 35.8 Å². The zero-order chi connectivity index (χ0) is 19.4. The molecule has 4 nitrogen and oxygen atoms in total. The van der Waals surface area contributed by atoms with E-state index in [0.29, 0.717) is 5.02 Å². The summed E-state index contributed by atoms with van der Waals surface area (Å²) in [5.74, 6) is 0.916. The van der Waals surface area contributed by atoms with E-state index in [0.717, 1.165) is 44.4 Å². The lowest BCUT2D eigenvalue weighted by atomic mass is 10.0. The average Bonchev–Trinajstić information content (AvgIpc) is 2.69. The van der Waals surface area contributed by atoms with E-state index in [-0.39, 0.29) is 19.0 Å². The summed E-state index contributed by atoms with van der Waals surface area (Å²) in [6.07, 6.45) is 4.45. The minimum Gasteiger partial charge on any atom is -0.392 e. The molecular weight excluding hydrogens is 413 g/mol. The molecule has 0 radical (unpaired) electrons. The number of benzene rings is 1. The van der Waals surface area contributed by atoms with Gasteiger partial charge in [-0.2, -0.15) is 0 Å². The van der Waals surface area contributed by atoms with E-state index in [1.165, 1.54) is 11.8 Å². The van der Waals surface area contributed by atoms with Gasteiger partial charge in [-0.3, -0.25) is 0 Å². The normalized spacial score (nSPS) is 10.5. The number of aliphatic hydroxyl groups is 1. The molecule has 28 heavy (non-hydrogen) atoms. The second kappa shape index (κ2) is 10.1. The molecule has 1 aromatic carbocycles. The lowest BCUT2D eigenvalue weighted by Gasteiger charge is -2.15. The Bertz CT molecular complexity index is 933. The molecule has 148 valence electrons. The topological polar surface area (TPSA) is 49.2 Å². The van der Waals surface area contributed by atoms with Crippen molar-refractivity contribution in [3.63, 3.8) is 0 Å². The number of aryl methyl sites for hydroxylation is 1. The van der Waals surface area contributed by atoms with Gasteiger partial charge in [0.25, 0.3) is 0 Å². The van der Waals surface area contributed by atoms with Crippen molar-refractivity contribution in [2.24, 2.45) is 0 Å². The molecule has 2 heterocycles. The van der Waals surface area contributed by atoms with E-state index >= 15 is 0 Å². The fraction of sp³-hybridized carbons (Fsp3) is 0.238. The van der Waals surface area contributed by atoms with Gasteiger partial charge in [-0.15, -0.1) is 12.4 Å². The quantitative estimate of drug-likeness (QED) is 0.554.